The Morgan fingerprint density at radius 1 is 1.46 bits per heavy atom. The predicted molar refractivity (Wildman–Crippen MR) is 84.0 cm³/mol. The number of carboxylic acids is 1. The van der Waals surface area contributed by atoms with Crippen LogP contribution in [0.25, 0.3) is 5.69 Å². The monoisotopic (exact) mass is 332 g/mol. The van der Waals surface area contributed by atoms with Crippen molar-refractivity contribution in [3.05, 3.63) is 52.6 Å². The van der Waals surface area contributed by atoms with Crippen LogP contribution in [0.3, 0.4) is 0 Å². The van der Waals surface area contributed by atoms with Crippen LogP contribution in [0.15, 0.2) is 36.9 Å². The molecule has 2 aromatic rings. The van der Waals surface area contributed by atoms with Gasteiger partial charge in [0.15, 0.2) is 0 Å². The summed E-state index contributed by atoms with van der Waals surface area (Å²) in [5, 5.41) is 22.5. The van der Waals surface area contributed by atoms with E-state index in [2.05, 4.69) is 10.3 Å². The lowest BCUT2D eigenvalue weighted by Gasteiger charge is -2.11. The molecule has 0 spiro atoms. The van der Waals surface area contributed by atoms with Gasteiger partial charge in [0.1, 0.15) is 5.69 Å². The highest BCUT2D eigenvalue weighted by Gasteiger charge is 2.19. The third-order valence-electron chi connectivity index (χ3n) is 3.35. The van der Waals surface area contributed by atoms with Gasteiger partial charge in [-0.25, -0.2) is 4.98 Å². The molecule has 2 rings (SSSR count). The van der Waals surface area contributed by atoms with Crippen LogP contribution in [0.1, 0.15) is 23.7 Å². The van der Waals surface area contributed by atoms with Gasteiger partial charge in [-0.3, -0.25) is 19.7 Å². The van der Waals surface area contributed by atoms with Gasteiger partial charge in [0.25, 0.3) is 11.6 Å². The minimum atomic E-state index is -0.947. The van der Waals surface area contributed by atoms with E-state index in [4.69, 9.17) is 5.11 Å². The van der Waals surface area contributed by atoms with Crippen LogP contribution in [0.2, 0.25) is 0 Å². The molecule has 0 bridgehead atoms. The van der Waals surface area contributed by atoms with Crippen LogP contribution < -0.4 is 5.32 Å². The maximum atomic E-state index is 12.1. The van der Waals surface area contributed by atoms with E-state index in [-0.39, 0.29) is 30.1 Å². The van der Waals surface area contributed by atoms with Crippen molar-refractivity contribution < 1.29 is 19.6 Å². The number of benzene rings is 1. The highest BCUT2D eigenvalue weighted by atomic mass is 16.6. The Bertz CT molecular complexity index is 757. The van der Waals surface area contributed by atoms with Crippen LogP contribution >= 0.6 is 0 Å². The number of nitro benzene ring substituents is 1. The highest BCUT2D eigenvalue weighted by Crippen LogP contribution is 2.24. The van der Waals surface area contributed by atoms with Gasteiger partial charge in [0, 0.05) is 37.0 Å². The Morgan fingerprint density at radius 3 is 2.79 bits per heavy atom. The number of nitrogens with zero attached hydrogens (tertiary/aromatic N) is 3. The fourth-order valence-corrected chi connectivity index (χ4v) is 2.17. The average molecular weight is 332 g/mol. The molecule has 0 aliphatic heterocycles. The summed E-state index contributed by atoms with van der Waals surface area (Å²) in [6.45, 7) is 1.86. The largest absolute Gasteiger partial charge is 0.481 e. The minimum Gasteiger partial charge on any atom is -0.481 e. The number of nitrogens with one attached hydrogen (secondary N) is 1. The van der Waals surface area contributed by atoms with Crippen molar-refractivity contribution in [2.45, 2.75) is 13.3 Å². The summed E-state index contributed by atoms with van der Waals surface area (Å²) in [5.41, 5.74) is 0.209. The summed E-state index contributed by atoms with van der Waals surface area (Å²) in [5.74, 6) is -1.68. The van der Waals surface area contributed by atoms with Gasteiger partial charge in [-0.1, -0.05) is 6.92 Å². The number of aromatic nitrogens is 2. The summed E-state index contributed by atoms with van der Waals surface area (Å²) in [4.78, 5) is 37.2. The fraction of sp³-hybridized carbons (Fsp3) is 0.267. The lowest BCUT2D eigenvalue weighted by atomic mass is 10.1. The Morgan fingerprint density at radius 2 is 2.21 bits per heavy atom. The zero-order valence-corrected chi connectivity index (χ0v) is 12.9. The van der Waals surface area contributed by atoms with Crippen LogP contribution in [-0.4, -0.2) is 38.0 Å². The Labute approximate surface area is 137 Å². The van der Waals surface area contributed by atoms with Gasteiger partial charge in [0.2, 0.25) is 0 Å². The van der Waals surface area contributed by atoms with E-state index < -0.39 is 16.8 Å². The number of rotatable bonds is 7. The van der Waals surface area contributed by atoms with Crippen LogP contribution in [-0.2, 0) is 4.79 Å². The molecule has 9 nitrogen and oxygen atoms in total. The molecule has 2 N–H and O–H groups in total. The standard InChI is InChI=1S/C15H16N4O5/c1-10(6-14(20)21)8-17-15(22)11-2-3-12(13(7-11)19(23)24)18-5-4-16-9-18/h2-5,7,9-10H,6,8H2,1H3,(H,17,22)(H,20,21). The van der Waals surface area contributed by atoms with Crippen molar-refractivity contribution in [3.63, 3.8) is 0 Å². The molecule has 1 aromatic carbocycles. The van der Waals surface area contributed by atoms with E-state index in [1.54, 1.807) is 13.1 Å². The van der Waals surface area contributed by atoms with Crippen molar-refractivity contribution in [2.24, 2.45) is 5.92 Å². The van der Waals surface area contributed by atoms with Crippen molar-refractivity contribution in [2.75, 3.05) is 6.54 Å². The van der Waals surface area contributed by atoms with E-state index >= 15 is 0 Å². The molecule has 126 valence electrons. The molecule has 1 unspecified atom stereocenters. The Hall–Kier alpha value is -3.23. The second-order valence-corrected chi connectivity index (χ2v) is 5.34. The van der Waals surface area contributed by atoms with Gasteiger partial charge >= 0.3 is 5.97 Å². The number of hydrogen-bond acceptors (Lipinski definition) is 5. The number of imidazole rings is 1. The molecule has 0 saturated heterocycles. The van der Waals surface area contributed by atoms with Crippen molar-refractivity contribution in [1.82, 2.24) is 14.9 Å². The summed E-state index contributed by atoms with van der Waals surface area (Å²) in [6, 6.07) is 4.13. The van der Waals surface area contributed by atoms with Gasteiger partial charge in [-0.15, -0.1) is 0 Å². The molecule has 0 aliphatic carbocycles. The number of amides is 1. The van der Waals surface area contributed by atoms with Gasteiger partial charge in [-0.05, 0) is 18.1 Å². The quantitative estimate of drug-likeness (QED) is 0.586. The summed E-state index contributed by atoms with van der Waals surface area (Å²) < 4.78 is 1.48. The third kappa shape index (κ3) is 4.15. The van der Waals surface area contributed by atoms with Crippen molar-refractivity contribution >= 4 is 17.6 Å². The maximum Gasteiger partial charge on any atom is 0.303 e. The zero-order valence-electron chi connectivity index (χ0n) is 12.9. The molecule has 0 radical (unpaired) electrons. The first-order valence-corrected chi connectivity index (χ1v) is 7.15. The molecule has 0 saturated carbocycles. The number of hydrogen-bond donors (Lipinski definition) is 2. The first kappa shape index (κ1) is 17.1. The fourth-order valence-electron chi connectivity index (χ4n) is 2.17. The van der Waals surface area contributed by atoms with Gasteiger partial charge in [-0.2, -0.15) is 0 Å². The average Bonchev–Trinajstić information content (AvgIpc) is 3.05. The van der Waals surface area contributed by atoms with E-state index in [0.717, 1.165) is 0 Å². The SMILES string of the molecule is CC(CNC(=O)c1ccc(-n2ccnc2)c([N+](=O)[O-])c1)CC(=O)O. The topological polar surface area (TPSA) is 127 Å². The molecule has 1 heterocycles. The molecular formula is C15H16N4O5. The predicted octanol–water partition coefficient (Wildman–Crippen LogP) is 1.62. The summed E-state index contributed by atoms with van der Waals surface area (Å²) in [7, 11) is 0. The van der Waals surface area contributed by atoms with Crippen LogP contribution in [0.4, 0.5) is 5.69 Å². The Balaban J connectivity index is 2.16. The minimum absolute atomic E-state index is 0.0694. The van der Waals surface area contributed by atoms with Crippen molar-refractivity contribution in [3.8, 4) is 5.69 Å². The first-order chi connectivity index (χ1) is 11.4. The van der Waals surface area contributed by atoms with E-state index in [1.165, 1.54) is 35.3 Å². The van der Waals surface area contributed by atoms with Gasteiger partial charge in [0.05, 0.1) is 11.3 Å². The van der Waals surface area contributed by atoms with E-state index in [0.29, 0.717) is 5.69 Å². The van der Waals surface area contributed by atoms with Crippen molar-refractivity contribution in [1.29, 1.82) is 0 Å². The van der Waals surface area contributed by atoms with Crippen LogP contribution in [0, 0.1) is 16.0 Å². The van der Waals surface area contributed by atoms with Crippen LogP contribution in [0.5, 0.6) is 0 Å². The van der Waals surface area contributed by atoms with E-state index in [1.807, 2.05) is 0 Å². The smallest absolute Gasteiger partial charge is 0.303 e. The number of carbonyl (C=O) groups excluding carboxylic acids is 1. The number of aliphatic carboxylic acids is 1. The summed E-state index contributed by atoms with van der Waals surface area (Å²) in [6.07, 6.45) is 4.42. The lowest BCUT2D eigenvalue weighted by molar-refractivity contribution is -0.384. The number of nitro groups is 1. The molecule has 0 aliphatic rings. The molecule has 1 amide bonds. The first-order valence-electron chi connectivity index (χ1n) is 7.15. The molecular weight excluding hydrogens is 316 g/mol. The molecule has 1 atom stereocenters. The Kier molecular flexibility index (Phi) is 5.25. The normalized spacial score (nSPS) is 11.7. The number of carboxylic acid groups (broad SMARTS) is 1. The molecule has 9 heteroatoms. The summed E-state index contributed by atoms with van der Waals surface area (Å²) >= 11 is 0. The third-order valence-corrected chi connectivity index (χ3v) is 3.35. The second kappa shape index (κ2) is 7.36. The number of carbonyl (C=O) groups is 2. The molecule has 1 aromatic heterocycles. The van der Waals surface area contributed by atoms with E-state index in [9.17, 15) is 19.7 Å². The van der Waals surface area contributed by atoms with Gasteiger partial charge < -0.3 is 15.0 Å². The highest BCUT2D eigenvalue weighted by molar-refractivity contribution is 5.95. The second-order valence-electron chi connectivity index (χ2n) is 5.34. The molecule has 24 heavy (non-hydrogen) atoms. The lowest BCUT2D eigenvalue weighted by Crippen LogP contribution is -2.29. The zero-order chi connectivity index (χ0) is 17.7. The maximum absolute atomic E-state index is 12.1. The molecule has 0 fully saturated rings.